The first kappa shape index (κ1) is 17.8. The van der Waals surface area contributed by atoms with Crippen LogP contribution in [0.5, 0.6) is 0 Å². The Morgan fingerprint density at radius 1 is 0.909 bits per heavy atom. The predicted octanol–water partition coefficient (Wildman–Crippen LogP) is -0.386. The molecule has 0 atom stereocenters. The zero-order valence-corrected chi connectivity index (χ0v) is 10.1. The van der Waals surface area contributed by atoms with Crippen molar-refractivity contribution in [2.45, 2.75) is 38.3 Å². The summed E-state index contributed by atoms with van der Waals surface area (Å²) in [5.74, 6) is 0. The first-order valence-electron chi connectivity index (χ1n) is 4.22. The van der Waals surface area contributed by atoms with E-state index >= 15 is 0 Å². The van der Waals surface area contributed by atoms with Gasteiger partial charge in [0.05, 0.1) is 0 Å². The van der Waals surface area contributed by atoms with Gasteiger partial charge >= 0.3 is 39.6 Å². The molecule has 0 saturated carbocycles. The Labute approximate surface area is 84.0 Å². The Bertz CT molecular complexity index is 35.1. The van der Waals surface area contributed by atoms with Crippen LogP contribution < -0.4 is 12.4 Å². The van der Waals surface area contributed by atoms with E-state index in [4.69, 9.17) is 4.74 Å². The largest absolute Gasteiger partial charge is 1.00 e. The van der Waals surface area contributed by atoms with Gasteiger partial charge in [0.25, 0.3) is 0 Å². The minimum absolute atomic E-state index is 0. The Balaban J connectivity index is -0.000000107. The van der Waals surface area contributed by atoms with Gasteiger partial charge in [-0.1, -0.05) is 0 Å². The minimum atomic E-state index is 0. The monoisotopic (exact) mass is 194 g/mol. The Hall–Kier alpha value is 0.782. The van der Waals surface area contributed by atoms with Gasteiger partial charge in [-0.2, -0.15) is 0 Å². The first-order chi connectivity index (χ1) is 4.83. The summed E-state index contributed by atoms with van der Waals surface area (Å²) >= 11 is 0.815. The van der Waals surface area contributed by atoms with Gasteiger partial charge in [-0.25, -0.2) is 0 Å². The number of rotatable bonds is 4. The van der Waals surface area contributed by atoms with Gasteiger partial charge in [0, 0.05) is 13.2 Å². The van der Waals surface area contributed by atoms with Crippen molar-refractivity contribution in [2.75, 3.05) is 13.2 Å². The summed E-state index contributed by atoms with van der Waals surface area (Å²) in [5, 5.41) is 2.85. The molecule has 0 radical (unpaired) electrons. The maximum atomic E-state index is 4.83. The summed E-state index contributed by atoms with van der Waals surface area (Å²) in [6, 6.07) is 0. The van der Waals surface area contributed by atoms with E-state index in [1.165, 1.54) is 10.6 Å². The fourth-order valence-corrected chi connectivity index (χ4v) is 1.07. The van der Waals surface area contributed by atoms with Gasteiger partial charge in [-0.3, -0.25) is 0 Å². The zero-order chi connectivity index (χ0) is 8.24. The van der Waals surface area contributed by atoms with Crippen molar-refractivity contribution in [1.29, 1.82) is 0 Å². The van der Waals surface area contributed by atoms with E-state index < -0.39 is 0 Å². The summed E-state index contributed by atoms with van der Waals surface area (Å²) in [7, 11) is 0. The van der Waals surface area contributed by atoms with Crippen molar-refractivity contribution in [1.82, 2.24) is 0 Å². The van der Waals surface area contributed by atoms with Crippen LogP contribution in [-0.2, 0) is 4.74 Å². The maximum Gasteiger partial charge on any atom is -1.00 e. The molecule has 0 fully saturated rings. The van der Waals surface area contributed by atoms with Gasteiger partial charge in [-0.15, -0.1) is 0 Å². The number of hydrogen-bond donors (Lipinski definition) is 0. The molecule has 1 nitrogen and oxygen atoms in total. The summed E-state index contributed by atoms with van der Waals surface area (Å²) in [6.07, 6.45) is 0. The van der Waals surface area contributed by atoms with E-state index in [2.05, 4.69) is 13.8 Å². The van der Waals surface area contributed by atoms with Crippen molar-refractivity contribution in [3.05, 3.63) is 0 Å². The summed E-state index contributed by atoms with van der Waals surface area (Å²) in [4.78, 5) is 0. The smallest absolute Gasteiger partial charge is 1.00 e. The van der Waals surface area contributed by atoms with Crippen LogP contribution in [0.1, 0.15) is 27.7 Å². The van der Waals surface area contributed by atoms with Gasteiger partial charge in [0.2, 0.25) is 0 Å². The topological polar surface area (TPSA) is 9.23 Å². The van der Waals surface area contributed by atoms with Crippen LogP contribution in [0.4, 0.5) is 0 Å². The summed E-state index contributed by atoms with van der Waals surface area (Å²) in [5.41, 5.74) is 0. The van der Waals surface area contributed by atoms with E-state index in [9.17, 15) is 0 Å². The second kappa shape index (κ2) is 22.4. The quantitative estimate of drug-likeness (QED) is 0.555. The Kier molecular flexibility index (Phi) is 36.2. The van der Waals surface area contributed by atoms with Crippen LogP contribution >= 0.6 is 0 Å². The average molecular weight is 195 g/mol. The van der Waals surface area contributed by atoms with Crippen molar-refractivity contribution in [3.63, 3.8) is 0 Å². The molecule has 3 heteroatoms. The summed E-state index contributed by atoms with van der Waals surface area (Å²) in [6.45, 7) is 10.2. The van der Waals surface area contributed by atoms with Crippen molar-refractivity contribution in [2.24, 2.45) is 0 Å². The number of hydrogen-bond acceptors (Lipinski definition) is 1. The molecular weight excluding hydrogens is 175 g/mol. The van der Waals surface area contributed by atoms with Crippen LogP contribution in [0.3, 0.4) is 0 Å². The summed E-state index contributed by atoms with van der Waals surface area (Å²) < 4.78 is 4.83. The molecule has 0 N–H and O–H groups in total. The zero-order valence-electron chi connectivity index (χ0n) is 8.19. The standard InChI is InChI=1S/C4H10O.2C2H5.Al.ClH/c1-3-5-4-2;2*1-2;;/h3-4H2,1-2H3;2*1H2,2H3;;1H/q;;;+1;/p-1. The van der Waals surface area contributed by atoms with Crippen LogP contribution in [0.2, 0.25) is 10.6 Å². The van der Waals surface area contributed by atoms with E-state index in [0.29, 0.717) is 0 Å². The third-order valence-corrected chi connectivity index (χ3v) is 2.14. The molecule has 0 aliphatic rings. The maximum absolute atomic E-state index is 4.83. The van der Waals surface area contributed by atoms with E-state index in [1.54, 1.807) is 0 Å². The molecule has 0 bridgehead atoms. The Morgan fingerprint density at radius 3 is 1.27 bits per heavy atom. The van der Waals surface area contributed by atoms with E-state index in [1.807, 2.05) is 13.8 Å². The predicted molar refractivity (Wildman–Crippen MR) is 48.9 cm³/mol. The molecule has 0 amide bonds. The molecule has 0 aliphatic carbocycles. The molecule has 0 aliphatic heterocycles. The molecule has 0 unspecified atom stereocenters. The molecule has 0 rings (SSSR count). The first-order valence-corrected chi connectivity index (χ1v) is 5.86. The van der Waals surface area contributed by atoms with Gasteiger partial charge in [0.15, 0.2) is 0 Å². The van der Waals surface area contributed by atoms with Gasteiger partial charge in [-0.05, 0) is 13.8 Å². The fraction of sp³-hybridized carbons (Fsp3) is 1.00. The van der Waals surface area contributed by atoms with Gasteiger partial charge in [0.1, 0.15) is 0 Å². The molecule has 0 saturated heterocycles. The van der Waals surface area contributed by atoms with Crippen LogP contribution in [-0.4, -0.2) is 28.4 Å². The normalized spacial score (nSPS) is 6.91. The minimum Gasteiger partial charge on any atom is -1.00 e. The van der Waals surface area contributed by atoms with Crippen molar-refractivity contribution < 1.29 is 17.1 Å². The van der Waals surface area contributed by atoms with E-state index in [-0.39, 0.29) is 12.4 Å². The Morgan fingerprint density at radius 2 is 1.27 bits per heavy atom. The second-order valence-electron chi connectivity index (χ2n) is 1.89. The second-order valence-corrected chi connectivity index (χ2v) is 4.10. The third-order valence-electron chi connectivity index (χ3n) is 0.986. The third kappa shape index (κ3) is 36.4. The number of ether oxygens (including phenoxy) is 1. The molecule has 0 spiro atoms. The molecule has 0 aromatic heterocycles. The van der Waals surface area contributed by atoms with Crippen LogP contribution in [0.25, 0.3) is 0 Å². The van der Waals surface area contributed by atoms with Crippen LogP contribution in [0, 0.1) is 0 Å². The fourth-order valence-electron chi connectivity index (χ4n) is 0.493. The van der Waals surface area contributed by atoms with Gasteiger partial charge < -0.3 is 17.1 Å². The average Bonchev–Trinajstić information content (AvgIpc) is 1.93. The van der Waals surface area contributed by atoms with Crippen molar-refractivity contribution in [3.8, 4) is 0 Å². The number of halogens is 1. The molecule has 11 heavy (non-hydrogen) atoms. The molecule has 0 aromatic carbocycles. The molecular formula is C8H20AlClO. The van der Waals surface area contributed by atoms with Crippen LogP contribution in [0.15, 0.2) is 0 Å². The molecule has 0 heterocycles. The van der Waals surface area contributed by atoms with Crippen molar-refractivity contribution >= 4 is 15.2 Å². The molecule has 0 aromatic rings. The SMILES string of the molecule is CCOCC.C[CH2][Al+][CH2]C.[Cl-]. The van der Waals surface area contributed by atoms with E-state index in [0.717, 1.165) is 28.4 Å². The molecule has 68 valence electrons.